The number of rotatable bonds is 3. The summed E-state index contributed by atoms with van der Waals surface area (Å²) in [4.78, 5) is 19.9. The number of carbonyl (C=O) groups excluding carboxylic acids is 1. The Kier molecular flexibility index (Phi) is 3.88. The molecular formula is C21H23N3O2. The normalized spacial score (nSPS) is 30.1. The number of fused-ring (bicyclic) bond motifs is 2. The number of hydrogen-bond donors (Lipinski definition) is 0. The van der Waals surface area contributed by atoms with E-state index in [1.165, 1.54) is 0 Å². The van der Waals surface area contributed by atoms with Crippen LogP contribution in [0.2, 0.25) is 0 Å². The fourth-order valence-corrected chi connectivity index (χ4v) is 4.80. The second kappa shape index (κ2) is 6.38. The molecule has 1 aliphatic heterocycles. The molecule has 5 nitrogen and oxygen atoms in total. The third-order valence-corrected chi connectivity index (χ3v) is 6.14. The second-order valence-electron chi connectivity index (χ2n) is 7.75. The predicted molar refractivity (Wildman–Crippen MR) is 96.9 cm³/mol. The molecule has 2 aliphatic carbocycles. The molecule has 4 atom stereocenters. The van der Waals surface area contributed by atoms with Gasteiger partial charge < -0.3 is 9.42 Å². The SMILES string of the molecule is O=C([C@H]1C[C@@H]2C=C[C@@H]1C2)N1CCCC[C@@H]1c1nc(-c2ccccc2)no1. The number of likely N-dealkylation sites (tertiary alicyclic amines) is 1. The molecule has 2 aromatic rings. The Morgan fingerprint density at radius 3 is 2.77 bits per heavy atom. The predicted octanol–water partition coefficient (Wildman–Crippen LogP) is 4.00. The van der Waals surface area contributed by atoms with Gasteiger partial charge in [0.1, 0.15) is 6.04 Å². The van der Waals surface area contributed by atoms with Crippen LogP contribution in [0.1, 0.15) is 44.0 Å². The highest BCUT2D eigenvalue weighted by Gasteiger charge is 2.44. The summed E-state index contributed by atoms with van der Waals surface area (Å²) in [6.07, 6.45) is 9.73. The number of carbonyl (C=O) groups is 1. The van der Waals surface area contributed by atoms with E-state index < -0.39 is 0 Å². The summed E-state index contributed by atoms with van der Waals surface area (Å²) in [6.45, 7) is 0.796. The third kappa shape index (κ3) is 2.66. The van der Waals surface area contributed by atoms with Gasteiger partial charge in [0.25, 0.3) is 0 Å². The van der Waals surface area contributed by atoms with Crippen LogP contribution in [0.4, 0.5) is 0 Å². The topological polar surface area (TPSA) is 59.2 Å². The summed E-state index contributed by atoms with van der Waals surface area (Å²) >= 11 is 0. The number of allylic oxidation sites excluding steroid dienone is 2. The minimum absolute atomic E-state index is 0.0793. The highest BCUT2D eigenvalue weighted by atomic mass is 16.5. The number of piperidine rings is 1. The van der Waals surface area contributed by atoms with Crippen molar-refractivity contribution in [3.05, 3.63) is 48.4 Å². The Balaban J connectivity index is 1.39. The van der Waals surface area contributed by atoms with Crippen molar-refractivity contribution in [2.24, 2.45) is 17.8 Å². The average Bonchev–Trinajstić information content (AvgIpc) is 3.45. The van der Waals surface area contributed by atoms with Gasteiger partial charge in [0.05, 0.1) is 0 Å². The van der Waals surface area contributed by atoms with Gasteiger partial charge in [0.15, 0.2) is 0 Å². The van der Waals surface area contributed by atoms with Crippen molar-refractivity contribution in [2.45, 2.75) is 38.1 Å². The van der Waals surface area contributed by atoms with Crippen molar-refractivity contribution in [1.29, 1.82) is 0 Å². The molecule has 0 radical (unpaired) electrons. The Bertz CT molecular complexity index is 829. The van der Waals surface area contributed by atoms with Crippen LogP contribution < -0.4 is 0 Å². The molecule has 1 saturated heterocycles. The van der Waals surface area contributed by atoms with Crippen molar-refractivity contribution in [3.63, 3.8) is 0 Å². The second-order valence-corrected chi connectivity index (χ2v) is 7.75. The third-order valence-electron chi connectivity index (χ3n) is 6.14. The Hall–Kier alpha value is -2.43. The van der Waals surface area contributed by atoms with Crippen LogP contribution in [0.15, 0.2) is 47.0 Å². The van der Waals surface area contributed by atoms with Crippen molar-refractivity contribution in [3.8, 4) is 11.4 Å². The van der Waals surface area contributed by atoms with Crippen LogP contribution in [-0.2, 0) is 4.79 Å². The van der Waals surface area contributed by atoms with Crippen LogP contribution in [0.3, 0.4) is 0 Å². The molecule has 1 aromatic heterocycles. The zero-order chi connectivity index (χ0) is 17.5. The lowest BCUT2D eigenvalue weighted by Gasteiger charge is -2.36. The molecule has 26 heavy (non-hydrogen) atoms. The van der Waals surface area contributed by atoms with Crippen molar-refractivity contribution < 1.29 is 9.32 Å². The molecule has 2 fully saturated rings. The first-order valence-electron chi connectivity index (χ1n) is 9.67. The van der Waals surface area contributed by atoms with E-state index in [2.05, 4.69) is 22.3 Å². The van der Waals surface area contributed by atoms with E-state index in [1.807, 2.05) is 35.2 Å². The van der Waals surface area contributed by atoms with Gasteiger partial charge in [-0.25, -0.2) is 0 Å². The summed E-state index contributed by atoms with van der Waals surface area (Å²) in [5, 5.41) is 4.16. The zero-order valence-electron chi connectivity index (χ0n) is 14.8. The molecule has 5 heteroatoms. The molecule has 5 rings (SSSR count). The quantitative estimate of drug-likeness (QED) is 0.786. The largest absolute Gasteiger partial charge is 0.337 e. The summed E-state index contributed by atoms with van der Waals surface area (Å²) in [5.41, 5.74) is 0.939. The molecule has 3 aliphatic rings. The number of amides is 1. The van der Waals surface area contributed by atoms with Crippen LogP contribution in [0, 0.1) is 17.8 Å². The van der Waals surface area contributed by atoms with Crippen LogP contribution in [0.5, 0.6) is 0 Å². The van der Waals surface area contributed by atoms with Crippen molar-refractivity contribution in [2.75, 3.05) is 6.54 Å². The lowest BCUT2D eigenvalue weighted by molar-refractivity contribution is -0.141. The first-order valence-corrected chi connectivity index (χ1v) is 9.67. The van der Waals surface area contributed by atoms with Gasteiger partial charge in [0, 0.05) is 18.0 Å². The standard InChI is InChI=1S/C21H23N3O2/c25-21(17-13-14-9-10-16(17)12-14)24-11-5-4-8-18(24)20-22-19(23-26-20)15-6-2-1-3-7-15/h1-3,6-7,9-10,14,16-18H,4-5,8,11-13H2/t14-,16-,17+,18-/m1/s1. The maximum atomic E-state index is 13.3. The van der Waals surface area contributed by atoms with E-state index in [4.69, 9.17) is 4.52 Å². The molecule has 134 valence electrons. The molecule has 0 spiro atoms. The highest BCUT2D eigenvalue weighted by Crippen LogP contribution is 2.45. The van der Waals surface area contributed by atoms with Gasteiger partial charge in [-0.3, -0.25) is 4.79 Å². The maximum absolute atomic E-state index is 13.3. The lowest BCUT2D eigenvalue weighted by Crippen LogP contribution is -2.43. The van der Waals surface area contributed by atoms with E-state index in [-0.39, 0.29) is 17.9 Å². The Labute approximate surface area is 153 Å². The first kappa shape index (κ1) is 15.8. The van der Waals surface area contributed by atoms with Crippen LogP contribution in [0.25, 0.3) is 11.4 Å². The molecule has 1 saturated carbocycles. The number of benzene rings is 1. The molecule has 0 unspecified atom stereocenters. The summed E-state index contributed by atoms with van der Waals surface area (Å²) < 4.78 is 5.59. The minimum Gasteiger partial charge on any atom is -0.337 e. The zero-order valence-corrected chi connectivity index (χ0v) is 14.8. The minimum atomic E-state index is -0.0793. The molecule has 0 N–H and O–H groups in total. The fraction of sp³-hybridized carbons (Fsp3) is 0.476. The lowest BCUT2D eigenvalue weighted by atomic mass is 9.90. The van der Waals surface area contributed by atoms with Crippen molar-refractivity contribution >= 4 is 5.91 Å². The van der Waals surface area contributed by atoms with Gasteiger partial charge in [-0.1, -0.05) is 47.6 Å². The van der Waals surface area contributed by atoms with Gasteiger partial charge in [-0.2, -0.15) is 4.98 Å². The smallest absolute Gasteiger partial charge is 0.249 e. The highest BCUT2D eigenvalue weighted by molar-refractivity contribution is 5.80. The Morgan fingerprint density at radius 1 is 1.12 bits per heavy atom. The van der Waals surface area contributed by atoms with Gasteiger partial charge in [-0.15, -0.1) is 0 Å². The molecule has 2 bridgehead atoms. The van der Waals surface area contributed by atoms with Gasteiger partial charge >= 0.3 is 0 Å². The number of hydrogen-bond acceptors (Lipinski definition) is 4. The van der Waals surface area contributed by atoms with Gasteiger partial charge in [-0.05, 0) is 43.9 Å². The number of aromatic nitrogens is 2. The van der Waals surface area contributed by atoms with E-state index in [9.17, 15) is 4.79 Å². The van der Waals surface area contributed by atoms with E-state index in [1.54, 1.807) is 0 Å². The average molecular weight is 349 g/mol. The van der Waals surface area contributed by atoms with Crippen LogP contribution >= 0.6 is 0 Å². The first-order chi connectivity index (χ1) is 12.8. The number of nitrogens with zero attached hydrogens (tertiary/aromatic N) is 3. The summed E-state index contributed by atoms with van der Waals surface area (Å²) in [7, 11) is 0. The summed E-state index contributed by atoms with van der Waals surface area (Å²) in [5.74, 6) is 2.63. The molecule has 2 heterocycles. The molecule has 1 aromatic carbocycles. The van der Waals surface area contributed by atoms with E-state index in [0.717, 1.165) is 44.2 Å². The Morgan fingerprint density at radius 2 is 2.00 bits per heavy atom. The van der Waals surface area contributed by atoms with Gasteiger partial charge in [0.2, 0.25) is 17.6 Å². The fourth-order valence-electron chi connectivity index (χ4n) is 4.80. The monoisotopic (exact) mass is 349 g/mol. The van der Waals surface area contributed by atoms with Crippen molar-refractivity contribution in [1.82, 2.24) is 15.0 Å². The molecular weight excluding hydrogens is 326 g/mol. The maximum Gasteiger partial charge on any atom is 0.249 e. The van der Waals surface area contributed by atoms with E-state index in [0.29, 0.717) is 23.6 Å². The summed E-state index contributed by atoms with van der Waals surface area (Å²) in [6, 6.07) is 9.76. The van der Waals surface area contributed by atoms with E-state index >= 15 is 0 Å². The van der Waals surface area contributed by atoms with Crippen LogP contribution in [-0.4, -0.2) is 27.5 Å². The molecule has 1 amide bonds.